The quantitative estimate of drug-likeness (QED) is 0.931. The van der Waals surface area contributed by atoms with Gasteiger partial charge in [0.25, 0.3) is 0 Å². The van der Waals surface area contributed by atoms with Crippen LogP contribution in [0.2, 0.25) is 0 Å². The minimum Gasteiger partial charge on any atom is -0.352 e. The molecular weight excluding hydrogens is 314 g/mol. The lowest BCUT2D eigenvalue weighted by Gasteiger charge is -2.36. The predicted molar refractivity (Wildman–Crippen MR) is 96.3 cm³/mol. The number of hydrogen-bond donors (Lipinski definition) is 1. The first-order valence-corrected chi connectivity index (χ1v) is 8.92. The molecule has 2 amide bonds. The number of amides is 2. The molecule has 2 fully saturated rings. The van der Waals surface area contributed by atoms with Gasteiger partial charge in [-0.3, -0.25) is 4.98 Å². The summed E-state index contributed by atoms with van der Waals surface area (Å²) in [4.78, 5) is 25.3. The van der Waals surface area contributed by atoms with Crippen molar-refractivity contribution in [3.8, 4) is 0 Å². The van der Waals surface area contributed by atoms with Crippen molar-refractivity contribution in [2.45, 2.75) is 18.9 Å². The Hall–Kier alpha value is -2.63. The number of aromatic nitrogens is 2. The number of hydrogen-bond acceptors (Lipinski definition) is 4. The van der Waals surface area contributed by atoms with Crippen LogP contribution in [0, 0.1) is 5.92 Å². The van der Waals surface area contributed by atoms with Crippen LogP contribution in [0.4, 0.5) is 10.6 Å². The molecule has 1 N–H and O–H groups in total. The van der Waals surface area contributed by atoms with Crippen molar-refractivity contribution in [1.29, 1.82) is 0 Å². The van der Waals surface area contributed by atoms with E-state index in [1.165, 1.54) is 18.4 Å². The molecule has 0 bridgehead atoms. The Morgan fingerprint density at radius 1 is 1.08 bits per heavy atom. The summed E-state index contributed by atoms with van der Waals surface area (Å²) < 4.78 is 0. The minimum atomic E-state index is 0.0412. The number of piperazine rings is 1. The van der Waals surface area contributed by atoms with Crippen LogP contribution in [0.25, 0.3) is 0 Å². The Morgan fingerprint density at radius 3 is 2.48 bits per heavy atom. The van der Waals surface area contributed by atoms with Gasteiger partial charge in [0.1, 0.15) is 5.82 Å². The summed E-state index contributed by atoms with van der Waals surface area (Å²) in [5.74, 6) is 1.45. The average Bonchev–Trinajstić information content (AvgIpc) is 3.52. The van der Waals surface area contributed by atoms with E-state index in [1.807, 2.05) is 23.1 Å². The third-order valence-electron chi connectivity index (χ3n) is 4.97. The maximum absolute atomic E-state index is 12.7. The predicted octanol–water partition coefficient (Wildman–Crippen LogP) is 2.46. The Kier molecular flexibility index (Phi) is 4.50. The molecule has 0 spiro atoms. The summed E-state index contributed by atoms with van der Waals surface area (Å²) in [6.07, 6.45) is 7.54. The molecule has 1 unspecified atom stereocenters. The zero-order valence-electron chi connectivity index (χ0n) is 14.2. The Balaban J connectivity index is 1.36. The third kappa shape index (κ3) is 3.73. The van der Waals surface area contributed by atoms with E-state index in [9.17, 15) is 4.79 Å². The van der Waals surface area contributed by atoms with Crippen LogP contribution in [0.1, 0.15) is 24.4 Å². The molecule has 0 radical (unpaired) electrons. The van der Waals surface area contributed by atoms with Gasteiger partial charge in [0.15, 0.2) is 0 Å². The fraction of sp³-hybridized carbons (Fsp3) is 0.421. The van der Waals surface area contributed by atoms with Gasteiger partial charge in [-0.1, -0.05) is 30.3 Å². The molecule has 6 heteroatoms. The van der Waals surface area contributed by atoms with Gasteiger partial charge >= 0.3 is 6.03 Å². The van der Waals surface area contributed by atoms with Gasteiger partial charge in [0.05, 0.1) is 12.2 Å². The smallest absolute Gasteiger partial charge is 0.318 e. The van der Waals surface area contributed by atoms with Crippen LogP contribution in [0.3, 0.4) is 0 Å². The van der Waals surface area contributed by atoms with Crippen molar-refractivity contribution in [3.63, 3.8) is 0 Å². The summed E-state index contributed by atoms with van der Waals surface area (Å²) >= 11 is 0. The molecular formula is C19H23N5O. The van der Waals surface area contributed by atoms with Crippen molar-refractivity contribution in [1.82, 2.24) is 20.2 Å². The summed E-state index contributed by atoms with van der Waals surface area (Å²) in [6.45, 7) is 2.97. The van der Waals surface area contributed by atoms with Crippen LogP contribution in [0.15, 0.2) is 48.9 Å². The number of carbonyl (C=O) groups excluding carboxylic acids is 1. The van der Waals surface area contributed by atoms with E-state index in [2.05, 4.69) is 32.3 Å². The standard InChI is InChI=1S/C19H23N5O/c25-19(22-18(16-6-7-16)15-4-2-1-3-5-15)24-12-10-23(11-13-24)17-14-20-8-9-21-17/h1-5,8-9,14,16,18H,6-7,10-13H2,(H,22,25). The van der Waals surface area contributed by atoms with E-state index in [1.54, 1.807) is 18.6 Å². The molecule has 1 atom stereocenters. The highest BCUT2D eigenvalue weighted by Gasteiger charge is 2.34. The van der Waals surface area contributed by atoms with Gasteiger partial charge in [-0.05, 0) is 24.3 Å². The van der Waals surface area contributed by atoms with Crippen molar-refractivity contribution in [2.24, 2.45) is 5.92 Å². The zero-order chi connectivity index (χ0) is 17.1. The summed E-state index contributed by atoms with van der Waals surface area (Å²) in [5.41, 5.74) is 1.21. The Labute approximate surface area is 147 Å². The lowest BCUT2D eigenvalue weighted by Crippen LogP contribution is -2.52. The lowest BCUT2D eigenvalue weighted by atomic mass is 10.0. The molecule has 1 saturated heterocycles. The minimum absolute atomic E-state index is 0.0412. The van der Waals surface area contributed by atoms with Crippen molar-refractivity contribution < 1.29 is 4.79 Å². The maximum Gasteiger partial charge on any atom is 0.318 e. The topological polar surface area (TPSA) is 61.4 Å². The normalized spacial score (nSPS) is 18.7. The maximum atomic E-state index is 12.7. The molecule has 1 aromatic heterocycles. The van der Waals surface area contributed by atoms with Crippen LogP contribution in [0.5, 0.6) is 0 Å². The average molecular weight is 337 g/mol. The molecule has 25 heavy (non-hydrogen) atoms. The number of nitrogens with one attached hydrogen (secondary N) is 1. The number of carbonyl (C=O) groups is 1. The van der Waals surface area contributed by atoms with E-state index in [0.29, 0.717) is 19.0 Å². The molecule has 2 heterocycles. The molecule has 4 rings (SSSR count). The SMILES string of the molecule is O=C(NC(c1ccccc1)C1CC1)N1CCN(c2cnccn2)CC1. The molecule has 130 valence electrons. The first kappa shape index (κ1) is 15.9. The Bertz CT molecular complexity index is 696. The summed E-state index contributed by atoms with van der Waals surface area (Å²) in [7, 11) is 0. The van der Waals surface area contributed by atoms with Crippen molar-refractivity contribution in [2.75, 3.05) is 31.1 Å². The fourth-order valence-electron chi connectivity index (χ4n) is 3.38. The van der Waals surface area contributed by atoms with E-state index < -0.39 is 0 Å². The number of rotatable bonds is 4. The number of urea groups is 1. The number of anilines is 1. The first-order valence-electron chi connectivity index (χ1n) is 8.92. The molecule has 2 aliphatic rings. The van der Waals surface area contributed by atoms with Gasteiger partial charge in [-0.2, -0.15) is 0 Å². The van der Waals surface area contributed by atoms with E-state index in [-0.39, 0.29) is 12.1 Å². The van der Waals surface area contributed by atoms with Gasteiger partial charge in [0.2, 0.25) is 0 Å². The second-order valence-corrected chi connectivity index (χ2v) is 6.71. The molecule has 1 saturated carbocycles. The van der Waals surface area contributed by atoms with Gasteiger partial charge in [-0.25, -0.2) is 9.78 Å². The summed E-state index contributed by atoms with van der Waals surface area (Å²) in [6, 6.07) is 10.5. The molecule has 1 aliphatic carbocycles. The molecule has 2 aromatic rings. The molecule has 1 aromatic carbocycles. The van der Waals surface area contributed by atoms with Gasteiger partial charge in [-0.15, -0.1) is 0 Å². The second-order valence-electron chi connectivity index (χ2n) is 6.71. The number of nitrogens with zero attached hydrogens (tertiary/aromatic N) is 4. The monoisotopic (exact) mass is 337 g/mol. The summed E-state index contributed by atoms with van der Waals surface area (Å²) in [5, 5.41) is 3.26. The van der Waals surface area contributed by atoms with Crippen LogP contribution in [-0.2, 0) is 0 Å². The Morgan fingerprint density at radius 2 is 1.84 bits per heavy atom. The molecule has 6 nitrogen and oxygen atoms in total. The first-order chi connectivity index (χ1) is 12.3. The largest absolute Gasteiger partial charge is 0.352 e. The fourth-order valence-corrected chi connectivity index (χ4v) is 3.38. The van der Waals surface area contributed by atoms with Crippen molar-refractivity contribution >= 4 is 11.8 Å². The van der Waals surface area contributed by atoms with Crippen LogP contribution >= 0.6 is 0 Å². The van der Waals surface area contributed by atoms with Crippen molar-refractivity contribution in [3.05, 3.63) is 54.5 Å². The van der Waals surface area contributed by atoms with E-state index in [0.717, 1.165) is 18.9 Å². The second kappa shape index (κ2) is 7.09. The number of benzene rings is 1. The van der Waals surface area contributed by atoms with Crippen LogP contribution in [-0.4, -0.2) is 47.1 Å². The van der Waals surface area contributed by atoms with Crippen LogP contribution < -0.4 is 10.2 Å². The lowest BCUT2D eigenvalue weighted by molar-refractivity contribution is 0.188. The highest BCUT2D eigenvalue weighted by Crippen LogP contribution is 2.41. The van der Waals surface area contributed by atoms with Gasteiger partial charge in [0, 0.05) is 38.6 Å². The molecule has 1 aliphatic heterocycles. The highest BCUT2D eigenvalue weighted by atomic mass is 16.2. The third-order valence-corrected chi connectivity index (χ3v) is 4.97. The van der Waals surface area contributed by atoms with Gasteiger partial charge < -0.3 is 15.1 Å². The zero-order valence-corrected chi connectivity index (χ0v) is 14.2. The van der Waals surface area contributed by atoms with E-state index in [4.69, 9.17) is 0 Å². The highest BCUT2D eigenvalue weighted by molar-refractivity contribution is 5.75. The van der Waals surface area contributed by atoms with E-state index >= 15 is 0 Å².